The number of hydrogen-bond donors (Lipinski definition) is 2. The molecule has 0 saturated heterocycles. The lowest BCUT2D eigenvalue weighted by molar-refractivity contribution is 0.354. The van der Waals surface area contributed by atoms with Gasteiger partial charge < -0.3 is 20.5 Å². The lowest BCUT2D eigenvalue weighted by atomic mass is 10.0. The summed E-state index contributed by atoms with van der Waals surface area (Å²) < 4.78 is 10.6. The van der Waals surface area contributed by atoms with Crippen LogP contribution in [0.5, 0.6) is 11.5 Å². The van der Waals surface area contributed by atoms with Gasteiger partial charge in [0.15, 0.2) is 17.5 Å². The fourth-order valence-corrected chi connectivity index (χ4v) is 3.31. The largest absolute Gasteiger partial charge is 0.493 e. The Labute approximate surface area is 168 Å². The number of aliphatic imine (C=N–C) groups is 1. The second-order valence-electron chi connectivity index (χ2n) is 6.43. The molecule has 0 aromatic heterocycles. The molecule has 6 heteroatoms. The first-order valence-corrected chi connectivity index (χ1v) is 8.97. The van der Waals surface area contributed by atoms with Gasteiger partial charge in [0.1, 0.15) is 0 Å². The number of ether oxygens (including phenoxy) is 2. The second-order valence-corrected chi connectivity index (χ2v) is 6.43. The van der Waals surface area contributed by atoms with Gasteiger partial charge in [0.05, 0.1) is 14.2 Å². The molecule has 1 saturated carbocycles. The van der Waals surface area contributed by atoms with E-state index in [1.807, 2.05) is 18.2 Å². The van der Waals surface area contributed by atoms with E-state index in [1.54, 1.807) is 14.2 Å². The molecule has 0 radical (unpaired) electrons. The number of benzene rings is 1. The first-order chi connectivity index (χ1) is 11.7. The van der Waals surface area contributed by atoms with Crippen molar-refractivity contribution in [1.29, 1.82) is 0 Å². The molecule has 0 bridgehead atoms. The molecular formula is C19H32IN3O2. The number of methoxy groups -OCH3 is 2. The van der Waals surface area contributed by atoms with E-state index in [2.05, 4.69) is 10.3 Å². The monoisotopic (exact) mass is 461 g/mol. The van der Waals surface area contributed by atoms with Crippen molar-refractivity contribution in [3.63, 3.8) is 0 Å². The molecule has 1 aliphatic carbocycles. The average Bonchev–Trinajstić information content (AvgIpc) is 3.12. The molecule has 0 atom stereocenters. The summed E-state index contributed by atoms with van der Waals surface area (Å²) in [6.07, 6.45) is 8.93. The summed E-state index contributed by atoms with van der Waals surface area (Å²) in [5.74, 6) is 2.97. The lowest BCUT2D eigenvalue weighted by Gasteiger charge is -2.10. The highest BCUT2D eigenvalue weighted by Gasteiger charge is 2.13. The van der Waals surface area contributed by atoms with Gasteiger partial charge in [-0.3, -0.25) is 4.99 Å². The zero-order valence-corrected chi connectivity index (χ0v) is 17.8. The van der Waals surface area contributed by atoms with Crippen molar-refractivity contribution >= 4 is 29.9 Å². The van der Waals surface area contributed by atoms with Crippen molar-refractivity contribution in [3.8, 4) is 11.5 Å². The number of halogens is 1. The Morgan fingerprint density at radius 1 is 1.20 bits per heavy atom. The Balaban J connectivity index is 0.00000312. The van der Waals surface area contributed by atoms with Crippen LogP contribution < -0.4 is 20.5 Å². The summed E-state index contributed by atoms with van der Waals surface area (Å²) in [5, 5.41) is 3.18. The molecule has 142 valence electrons. The van der Waals surface area contributed by atoms with Crippen LogP contribution in [0, 0.1) is 5.92 Å². The molecule has 25 heavy (non-hydrogen) atoms. The quantitative estimate of drug-likeness (QED) is 0.255. The molecule has 3 N–H and O–H groups in total. The maximum atomic E-state index is 5.93. The van der Waals surface area contributed by atoms with Crippen molar-refractivity contribution < 1.29 is 9.47 Å². The first-order valence-electron chi connectivity index (χ1n) is 8.97. The van der Waals surface area contributed by atoms with Gasteiger partial charge in [0, 0.05) is 13.1 Å². The SMILES string of the molecule is COc1ccc(CCNC(N)=NCCCC2CCCC2)cc1OC.I. The highest BCUT2D eigenvalue weighted by Crippen LogP contribution is 2.28. The smallest absolute Gasteiger partial charge is 0.188 e. The molecule has 2 rings (SSSR count). The molecule has 0 aliphatic heterocycles. The zero-order valence-electron chi connectivity index (χ0n) is 15.4. The number of nitrogens with two attached hydrogens (primary N) is 1. The standard InChI is InChI=1S/C19H31N3O2.HI/c1-23-17-10-9-16(14-18(17)24-2)11-13-22-19(20)21-12-5-8-15-6-3-4-7-15;/h9-10,14-15H,3-8,11-13H2,1-2H3,(H3,20,21,22);1H. The fourth-order valence-electron chi connectivity index (χ4n) is 3.31. The molecule has 1 aromatic rings. The van der Waals surface area contributed by atoms with Crippen LogP contribution in [0.15, 0.2) is 23.2 Å². The molecule has 1 aromatic carbocycles. The van der Waals surface area contributed by atoms with Gasteiger partial charge in [-0.1, -0.05) is 31.7 Å². The molecular weight excluding hydrogens is 429 g/mol. The van der Waals surface area contributed by atoms with Crippen molar-refractivity contribution in [2.24, 2.45) is 16.6 Å². The van der Waals surface area contributed by atoms with Gasteiger partial charge in [-0.2, -0.15) is 0 Å². The van der Waals surface area contributed by atoms with E-state index >= 15 is 0 Å². The minimum Gasteiger partial charge on any atom is -0.493 e. The number of rotatable bonds is 9. The Kier molecular flexibility index (Phi) is 10.7. The van der Waals surface area contributed by atoms with Gasteiger partial charge >= 0.3 is 0 Å². The molecule has 5 nitrogen and oxygen atoms in total. The van der Waals surface area contributed by atoms with Crippen molar-refractivity contribution in [3.05, 3.63) is 23.8 Å². The van der Waals surface area contributed by atoms with Crippen molar-refractivity contribution in [2.45, 2.75) is 44.9 Å². The third-order valence-corrected chi connectivity index (χ3v) is 4.70. The molecule has 0 heterocycles. The molecule has 1 aliphatic rings. The van der Waals surface area contributed by atoms with Crippen LogP contribution in [0.2, 0.25) is 0 Å². The maximum absolute atomic E-state index is 5.93. The number of guanidine groups is 1. The van der Waals surface area contributed by atoms with Crippen LogP contribution in [0.25, 0.3) is 0 Å². The van der Waals surface area contributed by atoms with Crippen LogP contribution in [0.1, 0.15) is 44.1 Å². The van der Waals surface area contributed by atoms with E-state index in [-0.39, 0.29) is 24.0 Å². The third-order valence-electron chi connectivity index (χ3n) is 4.70. The molecule has 0 spiro atoms. The molecule has 1 fully saturated rings. The predicted molar refractivity (Wildman–Crippen MR) is 114 cm³/mol. The van der Waals surface area contributed by atoms with E-state index in [0.717, 1.165) is 43.3 Å². The van der Waals surface area contributed by atoms with Crippen LogP contribution in [-0.4, -0.2) is 33.3 Å². The van der Waals surface area contributed by atoms with Gasteiger partial charge in [-0.15, -0.1) is 24.0 Å². The number of nitrogens with zero attached hydrogens (tertiary/aromatic N) is 1. The highest BCUT2D eigenvalue weighted by molar-refractivity contribution is 14.0. The van der Waals surface area contributed by atoms with E-state index in [0.29, 0.717) is 5.96 Å². The Morgan fingerprint density at radius 3 is 2.60 bits per heavy atom. The van der Waals surface area contributed by atoms with E-state index in [1.165, 1.54) is 37.7 Å². The van der Waals surface area contributed by atoms with Crippen LogP contribution in [0.3, 0.4) is 0 Å². The topological polar surface area (TPSA) is 68.9 Å². The van der Waals surface area contributed by atoms with Crippen molar-refractivity contribution in [1.82, 2.24) is 5.32 Å². The minimum absolute atomic E-state index is 0. The van der Waals surface area contributed by atoms with Crippen LogP contribution in [0.4, 0.5) is 0 Å². The Bertz CT molecular complexity index is 531. The first kappa shape index (κ1) is 21.9. The van der Waals surface area contributed by atoms with Gasteiger partial charge in [0.2, 0.25) is 0 Å². The summed E-state index contributed by atoms with van der Waals surface area (Å²) in [5.41, 5.74) is 7.10. The maximum Gasteiger partial charge on any atom is 0.188 e. The normalized spacial score (nSPS) is 14.9. The van der Waals surface area contributed by atoms with E-state index < -0.39 is 0 Å². The van der Waals surface area contributed by atoms with Gasteiger partial charge in [0.25, 0.3) is 0 Å². The van der Waals surface area contributed by atoms with Crippen LogP contribution >= 0.6 is 24.0 Å². The number of hydrogen-bond acceptors (Lipinski definition) is 3. The predicted octanol–water partition coefficient (Wildman–Crippen LogP) is 3.74. The van der Waals surface area contributed by atoms with E-state index in [4.69, 9.17) is 15.2 Å². The Hall–Kier alpha value is -1.18. The molecule has 0 unspecified atom stereocenters. The summed E-state index contributed by atoms with van der Waals surface area (Å²) in [6, 6.07) is 5.96. The summed E-state index contributed by atoms with van der Waals surface area (Å²) in [6.45, 7) is 1.58. The Morgan fingerprint density at radius 2 is 1.92 bits per heavy atom. The van der Waals surface area contributed by atoms with Gasteiger partial charge in [-0.05, 0) is 42.9 Å². The minimum atomic E-state index is 0. The third kappa shape index (κ3) is 7.71. The van der Waals surface area contributed by atoms with Gasteiger partial charge in [-0.25, -0.2) is 0 Å². The van der Waals surface area contributed by atoms with E-state index in [9.17, 15) is 0 Å². The van der Waals surface area contributed by atoms with Crippen LogP contribution in [-0.2, 0) is 6.42 Å². The average molecular weight is 461 g/mol. The number of nitrogens with one attached hydrogen (secondary N) is 1. The summed E-state index contributed by atoms with van der Waals surface area (Å²) in [7, 11) is 3.29. The second kappa shape index (κ2) is 12.2. The fraction of sp³-hybridized carbons (Fsp3) is 0.632. The lowest BCUT2D eigenvalue weighted by Crippen LogP contribution is -2.33. The molecule has 0 amide bonds. The summed E-state index contributed by atoms with van der Waals surface area (Å²) >= 11 is 0. The van der Waals surface area contributed by atoms with Crippen molar-refractivity contribution in [2.75, 3.05) is 27.3 Å². The summed E-state index contributed by atoms with van der Waals surface area (Å²) in [4.78, 5) is 4.42. The highest BCUT2D eigenvalue weighted by atomic mass is 127. The zero-order chi connectivity index (χ0) is 17.2.